The first-order valence-corrected chi connectivity index (χ1v) is 6.39. The Morgan fingerprint density at radius 3 is 2.50 bits per heavy atom. The van der Waals surface area contributed by atoms with Crippen LogP contribution in [0.3, 0.4) is 0 Å². The number of hydrogen-bond acceptors (Lipinski definition) is 4. The lowest BCUT2D eigenvalue weighted by molar-refractivity contribution is -0.139. The summed E-state index contributed by atoms with van der Waals surface area (Å²) < 4.78 is 10.0. The van der Waals surface area contributed by atoms with Crippen LogP contribution in [0.15, 0.2) is 24.3 Å². The first-order valence-electron chi connectivity index (χ1n) is 6.39. The molecule has 0 radical (unpaired) electrons. The van der Waals surface area contributed by atoms with E-state index in [4.69, 9.17) is 14.6 Å². The largest absolute Gasteiger partial charge is 0.482 e. The van der Waals surface area contributed by atoms with Crippen LogP contribution in [0.4, 0.5) is 0 Å². The predicted octanol–water partition coefficient (Wildman–Crippen LogP) is 0.845. The number of carbonyl (C=O) groups excluding carboxylic acids is 1. The summed E-state index contributed by atoms with van der Waals surface area (Å²) in [6.07, 6.45) is 0.692. The number of carbonyl (C=O) groups is 2. The van der Waals surface area contributed by atoms with E-state index in [9.17, 15) is 9.59 Å². The molecule has 0 aliphatic rings. The summed E-state index contributed by atoms with van der Waals surface area (Å²) in [5.74, 6) is -0.629. The van der Waals surface area contributed by atoms with E-state index in [0.29, 0.717) is 25.3 Å². The van der Waals surface area contributed by atoms with Gasteiger partial charge in [0.05, 0.1) is 0 Å². The maximum atomic E-state index is 11.3. The molecule has 1 aromatic rings. The van der Waals surface area contributed by atoms with Crippen LogP contribution in [0.1, 0.15) is 12.5 Å². The van der Waals surface area contributed by atoms with Crippen molar-refractivity contribution in [3.63, 3.8) is 0 Å². The number of carboxylic acid groups (broad SMARTS) is 1. The van der Waals surface area contributed by atoms with Gasteiger partial charge in [0, 0.05) is 13.2 Å². The van der Waals surface area contributed by atoms with Crippen molar-refractivity contribution in [1.29, 1.82) is 0 Å². The highest BCUT2D eigenvalue weighted by molar-refractivity contribution is 5.77. The van der Waals surface area contributed by atoms with Crippen molar-refractivity contribution in [2.45, 2.75) is 13.3 Å². The van der Waals surface area contributed by atoms with Crippen molar-refractivity contribution in [3.05, 3.63) is 29.8 Å². The molecule has 0 aromatic heterocycles. The molecule has 0 saturated carbocycles. The summed E-state index contributed by atoms with van der Waals surface area (Å²) >= 11 is 0. The molecular weight excluding hydrogens is 262 g/mol. The van der Waals surface area contributed by atoms with Gasteiger partial charge in [0.15, 0.2) is 6.61 Å². The number of benzene rings is 1. The number of aliphatic carboxylic acids is 1. The lowest BCUT2D eigenvalue weighted by Crippen LogP contribution is -2.29. The van der Waals surface area contributed by atoms with Crippen molar-refractivity contribution in [2.75, 3.05) is 26.4 Å². The van der Waals surface area contributed by atoms with E-state index in [-0.39, 0.29) is 19.1 Å². The van der Waals surface area contributed by atoms with Gasteiger partial charge in [-0.25, -0.2) is 4.79 Å². The predicted molar refractivity (Wildman–Crippen MR) is 72.8 cm³/mol. The average Bonchev–Trinajstić information content (AvgIpc) is 2.44. The number of ether oxygens (including phenoxy) is 2. The number of carboxylic acids is 1. The molecule has 20 heavy (non-hydrogen) atoms. The van der Waals surface area contributed by atoms with Crippen molar-refractivity contribution < 1.29 is 24.2 Å². The molecule has 0 spiro atoms. The molecule has 0 fully saturated rings. The molecule has 0 aliphatic heterocycles. The van der Waals surface area contributed by atoms with Gasteiger partial charge in [-0.05, 0) is 31.0 Å². The summed E-state index contributed by atoms with van der Waals surface area (Å²) in [5.41, 5.74) is 1.03. The van der Waals surface area contributed by atoms with Crippen molar-refractivity contribution in [3.8, 4) is 5.75 Å². The second kappa shape index (κ2) is 8.92. The number of rotatable bonds is 9. The third-order valence-electron chi connectivity index (χ3n) is 2.46. The quantitative estimate of drug-likeness (QED) is 0.701. The first-order chi connectivity index (χ1) is 9.61. The van der Waals surface area contributed by atoms with Gasteiger partial charge in [0.2, 0.25) is 5.91 Å². The van der Waals surface area contributed by atoms with Gasteiger partial charge in [-0.15, -0.1) is 0 Å². The van der Waals surface area contributed by atoms with Gasteiger partial charge in [0.1, 0.15) is 12.4 Å². The Morgan fingerprint density at radius 2 is 1.90 bits per heavy atom. The van der Waals surface area contributed by atoms with E-state index in [1.165, 1.54) is 0 Å². The fourth-order valence-corrected chi connectivity index (χ4v) is 1.49. The Bertz CT molecular complexity index is 430. The molecule has 0 unspecified atom stereocenters. The molecule has 0 saturated heterocycles. The third kappa shape index (κ3) is 6.75. The van der Waals surface area contributed by atoms with Crippen molar-refractivity contribution in [1.82, 2.24) is 5.32 Å². The summed E-state index contributed by atoms with van der Waals surface area (Å²) in [6, 6.07) is 7.10. The molecule has 110 valence electrons. The minimum absolute atomic E-state index is 0.0818. The lowest BCUT2D eigenvalue weighted by Gasteiger charge is -2.07. The molecule has 1 rings (SSSR count). The normalized spacial score (nSPS) is 10.1. The summed E-state index contributed by atoms with van der Waals surface area (Å²) in [5, 5.41) is 11.2. The fraction of sp³-hybridized carbons (Fsp3) is 0.429. The van der Waals surface area contributed by atoms with Crippen LogP contribution in [-0.2, 0) is 20.7 Å². The minimum Gasteiger partial charge on any atom is -0.482 e. The molecular formula is C14H19NO5. The zero-order chi connectivity index (χ0) is 14.8. The monoisotopic (exact) mass is 281 g/mol. The molecule has 0 bridgehead atoms. The van der Waals surface area contributed by atoms with Crippen molar-refractivity contribution >= 4 is 11.9 Å². The van der Waals surface area contributed by atoms with Gasteiger partial charge < -0.3 is 19.9 Å². The van der Waals surface area contributed by atoms with E-state index in [2.05, 4.69) is 5.32 Å². The van der Waals surface area contributed by atoms with E-state index in [1.54, 1.807) is 12.1 Å². The van der Waals surface area contributed by atoms with Crippen LogP contribution >= 0.6 is 0 Å². The highest BCUT2D eigenvalue weighted by Gasteiger charge is 2.02. The second-order valence-corrected chi connectivity index (χ2v) is 4.06. The Labute approximate surface area is 117 Å². The fourth-order valence-electron chi connectivity index (χ4n) is 1.49. The number of nitrogens with one attached hydrogen (secondary N) is 1. The number of amides is 1. The third-order valence-corrected chi connectivity index (χ3v) is 2.46. The summed E-state index contributed by atoms with van der Waals surface area (Å²) in [7, 11) is 0. The highest BCUT2D eigenvalue weighted by Crippen LogP contribution is 2.12. The van der Waals surface area contributed by atoms with Crippen LogP contribution in [0, 0.1) is 0 Å². The standard InChI is InChI=1S/C14H19NO5/c1-2-19-9-13(16)15-8-7-11-3-5-12(6-4-11)20-10-14(17)18/h3-6H,2,7-10H2,1H3,(H,15,16)(H,17,18). The molecule has 0 heterocycles. The second-order valence-electron chi connectivity index (χ2n) is 4.06. The summed E-state index contributed by atoms with van der Waals surface area (Å²) in [4.78, 5) is 21.6. The van der Waals surface area contributed by atoms with E-state index in [1.807, 2.05) is 19.1 Å². The topological polar surface area (TPSA) is 84.9 Å². The first kappa shape index (κ1) is 16.0. The van der Waals surface area contributed by atoms with E-state index >= 15 is 0 Å². The van der Waals surface area contributed by atoms with Gasteiger partial charge in [-0.3, -0.25) is 4.79 Å². The maximum absolute atomic E-state index is 11.3. The van der Waals surface area contributed by atoms with Crippen LogP contribution in [0.2, 0.25) is 0 Å². The molecule has 0 aliphatic carbocycles. The molecule has 6 heteroatoms. The number of hydrogen-bond donors (Lipinski definition) is 2. The molecule has 0 atom stereocenters. The highest BCUT2D eigenvalue weighted by atomic mass is 16.5. The van der Waals surface area contributed by atoms with Gasteiger partial charge in [-0.1, -0.05) is 12.1 Å². The Balaban J connectivity index is 2.27. The van der Waals surface area contributed by atoms with Gasteiger partial charge >= 0.3 is 5.97 Å². The SMILES string of the molecule is CCOCC(=O)NCCc1ccc(OCC(=O)O)cc1. The lowest BCUT2D eigenvalue weighted by atomic mass is 10.1. The van der Waals surface area contributed by atoms with Crippen LogP contribution in [0.5, 0.6) is 5.75 Å². The van der Waals surface area contributed by atoms with Crippen LogP contribution < -0.4 is 10.1 Å². The van der Waals surface area contributed by atoms with E-state index < -0.39 is 5.97 Å². The van der Waals surface area contributed by atoms with E-state index in [0.717, 1.165) is 5.56 Å². The van der Waals surface area contributed by atoms with Gasteiger partial charge in [-0.2, -0.15) is 0 Å². The van der Waals surface area contributed by atoms with Gasteiger partial charge in [0.25, 0.3) is 0 Å². The van der Waals surface area contributed by atoms with Crippen molar-refractivity contribution in [2.24, 2.45) is 0 Å². The molecule has 1 aromatic carbocycles. The molecule has 2 N–H and O–H groups in total. The minimum atomic E-state index is -1.01. The Morgan fingerprint density at radius 1 is 1.20 bits per heavy atom. The molecule has 6 nitrogen and oxygen atoms in total. The Kier molecular flexibility index (Phi) is 7.13. The van der Waals surface area contributed by atoms with Crippen LogP contribution in [0.25, 0.3) is 0 Å². The zero-order valence-electron chi connectivity index (χ0n) is 11.4. The smallest absolute Gasteiger partial charge is 0.341 e. The summed E-state index contributed by atoms with van der Waals surface area (Å²) in [6.45, 7) is 2.61. The van der Waals surface area contributed by atoms with Crippen LogP contribution in [-0.4, -0.2) is 43.3 Å². The maximum Gasteiger partial charge on any atom is 0.341 e. The molecule has 1 amide bonds. The Hall–Kier alpha value is -2.08. The zero-order valence-corrected chi connectivity index (χ0v) is 11.4. The average molecular weight is 281 g/mol.